The predicted octanol–water partition coefficient (Wildman–Crippen LogP) is 5.37. The standard InChI is InChI=1S/C15H9Br2ClN4OS/c16-9-5-8(13(23)11(17)6-9)7-19-22-14(20-21-15(22)24)10-3-1-2-4-12(10)18/h1-7,23H,(H,21,24). The fourth-order valence-corrected chi connectivity index (χ4v) is 3.68. The summed E-state index contributed by atoms with van der Waals surface area (Å²) in [5.41, 5.74) is 1.22. The largest absolute Gasteiger partial charge is 0.506 e. The SMILES string of the molecule is Oc1c(Br)cc(Br)cc1C=Nn1c(-c2ccccc2Cl)n[nH]c1=S. The fourth-order valence-electron chi connectivity index (χ4n) is 2.02. The maximum Gasteiger partial charge on any atom is 0.216 e. The molecule has 0 spiro atoms. The second-order valence-corrected chi connectivity index (χ2v) is 7.28. The van der Waals surface area contributed by atoms with Crippen molar-refractivity contribution < 1.29 is 5.11 Å². The summed E-state index contributed by atoms with van der Waals surface area (Å²) < 4.78 is 3.12. The van der Waals surface area contributed by atoms with Crippen molar-refractivity contribution >= 4 is 61.9 Å². The van der Waals surface area contributed by atoms with E-state index < -0.39 is 0 Å². The van der Waals surface area contributed by atoms with E-state index in [0.29, 0.717) is 31.2 Å². The molecule has 1 heterocycles. The van der Waals surface area contributed by atoms with Crippen molar-refractivity contribution in [2.45, 2.75) is 0 Å². The summed E-state index contributed by atoms with van der Waals surface area (Å²) in [4.78, 5) is 0. The lowest BCUT2D eigenvalue weighted by atomic mass is 10.2. The first-order valence-corrected chi connectivity index (χ1v) is 8.99. The molecule has 0 aliphatic rings. The Balaban J connectivity index is 2.08. The summed E-state index contributed by atoms with van der Waals surface area (Å²) in [7, 11) is 0. The lowest BCUT2D eigenvalue weighted by Crippen LogP contribution is -1.96. The number of hydrogen-bond acceptors (Lipinski definition) is 4. The number of H-pyrrole nitrogens is 1. The third-order valence-corrected chi connectivity index (χ3v) is 4.79. The van der Waals surface area contributed by atoms with Gasteiger partial charge in [-0.2, -0.15) is 14.9 Å². The van der Waals surface area contributed by atoms with Crippen LogP contribution in [-0.4, -0.2) is 26.2 Å². The van der Waals surface area contributed by atoms with Gasteiger partial charge in [-0.05, 0) is 52.4 Å². The minimum absolute atomic E-state index is 0.0799. The van der Waals surface area contributed by atoms with Crippen LogP contribution in [0, 0.1) is 4.77 Å². The van der Waals surface area contributed by atoms with Crippen LogP contribution in [0.1, 0.15) is 5.56 Å². The van der Waals surface area contributed by atoms with Crippen LogP contribution in [0.4, 0.5) is 0 Å². The van der Waals surface area contributed by atoms with Gasteiger partial charge in [0.25, 0.3) is 0 Å². The Hall–Kier alpha value is -1.48. The molecule has 0 fully saturated rings. The molecule has 0 saturated heterocycles. The molecule has 24 heavy (non-hydrogen) atoms. The number of hydrogen-bond donors (Lipinski definition) is 2. The number of nitrogens with zero attached hydrogens (tertiary/aromatic N) is 3. The van der Waals surface area contributed by atoms with Crippen molar-refractivity contribution in [3.05, 3.63) is 60.7 Å². The second kappa shape index (κ2) is 7.18. The Kier molecular flexibility index (Phi) is 5.19. The van der Waals surface area contributed by atoms with E-state index in [0.717, 1.165) is 4.47 Å². The molecule has 5 nitrogen and oxygen atoms in total. The van der Waals surface area contributed by atoms with Crippen LogP contribution < -0.4 is 0 Å². The van der Waals surface area contributed by atoms with Gasteiger partial charge in [-0.15, -0.1) is 0 Å². The zero-order valence-corrected chi connectivity index (χ0v) is 16.6. The van der Waals surface area contributed by atoms with Crippen molar-refractivity contribution in [2.24, 2.45) is 5.10 Å². The van der Waals surface area contributed by atoms with E-state index >= 15 is 0 Å². The van der Waals surface area contributed by atoms with Crippen molar-refractivity contribution in [2.75, 3.05) is 0 Å². The molecule has 0 bridgehead atoms. The van der Waals surface area contributed by atoms with Crippen LogP contribution in [0.25, 0.3) is 11.4 Å². The van der Waals surface area contributed by atoms with Gasteiger partial charge < -0.3 is 5.11 Å². The van der Waals surface area contributed by atoms with Crippen molar-refractivity contribution in [1.82, 2.24) is 14.9 Å². The van der Waals surface area contributed by atoms with Gasteiger partial charge in [0.1, 0.15) is 5.75 Å². The zero-order valence-electron chi connectivity index (χ0n) is 11.9. The summed E-state index contributed by atoms with van der Waals surface area (Å²) >= 11 is 18.1. The Morgan fingerprint density at radius 1 is 1.29 bits per heavy atom. The van der Waals surface area contributed by atoms with Crippen LogP contribution in [0.5, 0.6) is 5.75 Å². The number of halogens is 3. The minimum Gasteiger partial charge on any atom is -0.506 e. The molecule has 122 valence electrons. The van der Waals surface area contributed by atoms with Crippen molar-refractivity contribution in [1.29, 1.82) is 0 Å². The molecule has 2 aromatic carbocycles. The topological polar surface area (TPSA) is 66.2 Å². The number of aromatic nitrogens is 3. The number of aromatic amines is 1. The number of phenolic OH excluding ortho intramolecular Hbond substituents is 1. The Bertz CT molecular complexity index is 999. The second-order valence-electron chi connectivity index (χ2n) is 4.71. The lowest BCUT2D eigenvalue weighted by molar-refractivity contribution is 0.471. The van der Waals surface area contributed by atoms with Gasteiger partial charge in [0.05, 0.1) is 15.7 Å². The summed E-state index contributed by atoms with van der Waals surface area (Å²) in [6.45, 7) is 0. The van der Waals surface area contributed by atoms with Gasteiger partial charge in [0.2, 0.25) is 4.77 Å². The molecule has 3 rings (SSSR count). The molecule has 0 unspecified atom stereocenters. The van der Waals surface area contributed by atoms with Crippen molar-refractivity contribution in [3.8, 4) is 17.1 Å². The minimum atomic E-state index is 0.0799. The zero-order chi connectivity index (χ0) is 17.3. The summed E-state index contributed by atoms with van der Waals surface area (Å²) in [6.07, 6.45) is 1.50. The Morgan fingerprint density at radius 3 is 2.79 bits per heavy atom. The molecular weight excluding hydrogens is 480 g/mol. The summed E-state index contributed by atoms with van der Waals surface area (Å²) in [5, 5.41) is 21.9. The molecule has 0 radical (unpaired) electrons. The summed E-state index contributed by atoms with van der Waals surface area (Å²) in [5.74, 6) is 0.562. The molecule has 2 N–H and O–H groups in total. The molecule has 0 aliphatic carbocycles. The molecule has 1 aromatic heterocycles. The van der Waals surface area contributed by atoms with Gasteiger partial charge in [-0.1, -0.05) is 39.7 Å². The first-order chi connectivity index (χ1) is 11.5. The number of aromatic hydroxyl groups is 1. The molecule has 0 amide bonds. The maximum absolute atomic E-state index is 10.1. The molecular formula is C15H9Br2ClN4OS. The van der Waals surface area contributed by atoms with E-state index in [1.807, 2.05) is 18.2 Å². The first-order valence-electron chi connectivity index (χ1n) is 6.62. The summed E-state index contributed by atoms with van der Waals surface area (Å²) in [6, 6.07) is 10.8. The van der Waals surface area contributed by atoms with Crippen LogP contribution >= 0.6 is 55.7 Å². The number of rotatable bonds is 3. The maximum atomic E-state index is 10.1. The van der Waals surface area contributed by atoms with E-state index in [2.05, 4.69) is 47.2 Å². The van der Waals surface area contributed by atoms with E-state index in [9.17, 15) is 5.11 Å². The Labute approximate surface area is 164 Å². The fraction of sp³-hybridized carbons (Fsp3) is 0. The van der Waals surface area contributed by atoms with E-state index in [-0.39, 0.29) is 5.75 Å². The lowest BCUT2D eigenvalue weighted by Gasteiger charge is -2.05. The normalized spacial score (nSPS) is 11.3. The third-order valence-electron chi connectivity index (χ3n) is 3.14. The highest BCUT2D eigenvalue weighted by Crippen LogP contribution is 2.31. The van der Waals surface area contributed by atoms with Gasteiger partial charge in [-0.25, -0.2) is 5.10 Å². The quantitative estimate of drug-likeness (QED) is 0.385. The van der Waals surface area contributed by atoms with Crippen LogP contribution in [0.2, 0.25) is 5.02 Å². The van der Waals surface area contributed by atoms with Crippen LogP contribution in [0.3, 0.4) is 0 Å². The van der Waals surface area contributed by atoms with Gasteiger partial charge in [-0.3, -0.25) is 0 Å². The molecule has 9 heteroatoms. The third kappa shape index (κ3) is 3.46. The van der Waals surface area contributed by atoms with Gasteiger partial charge >= 0.3 is 0 Å². The molecule has 0 aliphatic heterocycles. The molecule has 3 aromatic rings. The monoisotopic (exact) mass is 486 g/mol. The number of benzene rings is 2. The van der Waals surface area contributed by atoms with Crippen LogP contribution in [-0.2, 0) is 0 Å². The van der Waals surface area contributed by atoms with Gasteiger partial charge in [0.15, 0.2) is 5.82 Å². The average Bonchev–Trinajstić information content (AvgIpc) is 2.90. The highest BCUT2D eigenvalue weighted by Gasteiger charge is 2.12. The van der Waals surface area contributed by atoms with Crippen LogP contribution in [0.15, 0.2) is 50.4 Å². The molecule has 0 atom stereocenters. The van der Waals surface area contributed by atoms with E-state index in [1.165, 1.54) is 10.9 Å². The van der Waals surface area contributed by atoms with Gasteiger partial charge in [0, 0.05) is 15.6 Å². The Morgan fingerprint density at radius 2 is 2.04 bits per heavy atom. The predicted molar refractivity (Wildman–Crippen MR) is 104 cm³/mol. The highest BCUT2D eigenvalue weighted by atomic mass is 79.9. The molecule has 0 saturated carbocycles. The van der Waals surface area contributed by atoms with E-state index in [1.54, 1.807) is 18.2 Å². The van der Waals surface area contributed by atoms with E-state index in [4.69, 9.17) is 23.8 Å². The smallest absolute Gasteiger partial charge is 0.216 e. The average molecular weight is 489 g/mol. The first kappa shape index (κ1) is 17.3. The number of nitrogens with one attached hydrogen (secondary N) is 1. The number of phenols is 1. The highest BCUT2D eigenvalue weighted by molar-refractivity contribution is 9.11. The van der Waals surface area contributed by atoms with Crippen molar-refractivity contribution in [3.63, 3.8) is 0 Å².